The molecule has 2 aromatic heterocycles. The number of rotatable bonds is 7. The van der Waals surface area contributed by atoms with Gasteiger partial charge in [0.15, 0.2) is 5.69 Å². The number of carbonyl (C=O) groups is 1. The third kappa shape index (κ3) is 4.29. The van der Waals surface area contributed by atoms with Gasteiger partial charge >= 0.3 is 0 Å². The number of nitrogens with one attached hydrogen (secondary N) is 1. The van der Waals surface area contributed by atoms with Gasteiger partial charge in [0.25, 0.3) is 11.6 Å². The van der Waals surface area contributed by atoms with E-state index in [4.69, 9.17) is 0 Å². The van der Waals surface area contributed by atoms with Crippen LogP contribution in [0.25, 0.3) is 5.69 Å². The van der Waals surface area contributed by atoms with Crippen LogP contribution in [0.15, 0.2) is 67.3 Å². The number of nitro groups is 1. The number of amides is 1. The number of nitro benzene ring substituents is 1. The lowest BCUT2D eigenvalue weighted by Gasteiger charge is -2.18. The van der Waals surface area contributed by atoms with Gasteiger partial charge in [0.05, 0.1) is 28.9 Å². The molecule has 0 aliphatic heterocycles. The van der Waals surface area contributed by atoms with Crippen molar-refractivity contribution in [1.82, 2.24) is 35.1 Å². The van der Waals surface area contributed by atoms with Crippen molar-refractivity contribution in [2.75, 3.05) is 0 Å². The molecule has 1 atom stereocenters. The second-order valence-electron chi connectivity index (χ2n) is 6.77. The lowest BCUT2D eigenvalue weighted by molar-refractivity contribution is -0.384. The summed E-state index contributed by atoms with van der Waals surface area (Å²) in [5, 5.41) is 26.2. The van der Waals surface area contributed by atoms with Crippen LogP contribution in [0, 0.1) is 17.0 Å². The Bertz CT molecular complexity index is 1200. The normalized spacial score (nSPS) is 11.8. The molecule has 31 heavy (non-hydrogen) atoms. The first-order valence-corrected chi connectivity index (χ1v) is 9.38. The fraction of sp³-hybridized carbons (Fsp3) is 0.150. The SMILES string of the molecule is Cc1c(C(=O)NC(Cn2cncn2)c2ccccc2)nnn1-c1cccc([N+](=O)[O-])c1. The second kappa shape index (κ2) is 8.53. The Morgan fingerprint density at radius 1 is 1.19 bits per heavy atom. The highest BCUT2D eigenvalue weighted by Crippen LogP contribution is 2.20. The molecule has 1 amide bonds. The maximum absolute atomic E-state index is 13.0. The molecule has 1 N–H and O–H groups in total. The van der Waals surface area contributed by atoms with Crippen LogP contribution >= 0.6 is 0 Å². The standard InChI is InChI=1S/C20H18N8O3/c1-14-19(24-25-27(14)16-8-5-9-17(10-16)28(30)31)20(29)23-18(11-26-13-21-12-22-26)15-6-3-2-4-7-15/h2-10,12-13,18H,11H2,1H3,(H,23,29). The lowest BCUT2D eigenvalue weighted by atomic mass is 10.1. The minimum absolute atomic E-state index is 0.0737. The van der Waals surface area contributed by atoms with E-state index in [1.54, 1.807) is 30.1 Å². The van der Waals surface area contributed by atoms with Crippen LogP contribution in [-0.4, -0.2) is 40.6 Å². The first-order valence-electron chi connectivity index (χ1n) is 9.38. The first kappa shape index (κ1) is 19.9. The quantitative estimate of drug-likeness (QED) is 0.359. The highest BCUT2D eigenvalue weighted by atomic mass is 16.6. The third-order valence-electron chi connectivity index (χ3n) is 4.74. The smallest absolute Gasteiger partial charge is 0.274 e. The Labute approximate surface area is 176 Å². The molecular weight excluding hydrogens is 400 g/mol. The van der Waals surface area contributed by atoms with Gasteiger partial charge in [-0.3, -0.25) is 19.6 Å². The summed E-state index contributed by atoms with van der Waals surface area (Å²) >= 11 is 0. The van der Waals surface area contributed by atoms with Crippen LogP contribution in [0.5, 0.6) is 0 Å². The molecule has 0 spiro atoms. The number of non-ortho nitro benzene ring substituents is 1. The Morgan fingerprint density at radius 3 is 2.71 bits per heavy atom. The summed E-state index contributed by atoms with van der Waals surface area (Å²) < 4.78 is 3.03. The maximum atomic E-state index is 13.0. The average molecular weight is 418 g/mol. The van der Waals surface area contributed by atoms with Gasteiger partial charge in [-0.15, -0.1) is 5.10 Å². The lowest BCUT2D eigenvalue weighted by Crippen LogP contribution is -2.32. The topological polar surface area (TPSA) is 134 Å². The molecule has 11 nitrogen and oxygen atoms in total. The van der Waals surface area contributed by atoms with E-state index in [1.807, 2.05) is 30.3 Å². The largest absolute Gasteiger partial charge is 0.342 e. The first-order chi connectivity index (χ1) is 15.0. The molecule has 2 aromatic carbocycles. The van der Waals surface area contributed by atoms with Gasteiger partial charge in [-0.1, -0.05) is 41.6 Å². The zero-order chi connectivity index (χ0) is 21.8. The van der Waals surface area contributed by atoms with Gasteiger partial charge in [-0.05, 0) is 18.6 Å². The maximum Gasteiger partial charge on any atom is 0.274 e. The van der Waals surface area contributed by atoms with Crippen LogP contribution in [0.2, 0.25) is 0 Å². The van der Waals surface area contributed by atoms with Crippen molar-refractivity contribution in [3.05, 3.63) is 94.3 Å². The summed E-state index contributed by atoms with van der Waals surface area (Å²) in [5.41, 5.74) is 1.86. The van der Waals surface area contributed by atoms with E-state index in [0.717, 1.165) is 5.56 Å². The van der Waals surface area contributed by atoms with E-state index in [-0.39, 0.29) is 17.4 Å². The number of aromatic nitrogens is 6. The fourth-order valence-corrected chi connectivity index (χ4v) is 3.18. The Hall–Kier alpha value is -4.41. The van der Waals surface area contributed by atoms with Crippen molar-refractivity contribution in [2.45, 2.75) is 19.5 Å². The molecule has 1 unspecified atom stereocenters. The van der Waals surface area contributed by atoms with Gasteiger partial charge in [-0.25, -0.2) is 9.67 Å². The molecule has 156 valence electrons. The number of hydrogen-bond donors (Lipinski definition) is 1. The highest BCUT2D eigenvalue weighted by Gasteiger charge is 2.22. The summed E-state index contributed by atoms with van der Waals surface area (Å²) in [7, 11) is 0. The molecule has 2 heterocycles. The summed E-state index contributed by atoms with van der Waals surface area (Å²) in [4.78, 5) is 27.5. The predicted octanol–water partition coefficient (Wildman–Crippen LogP) is 2.25. The van der Waals surface area contributed by atoms with Crippen molar-refractivity contribution >= 4 is 11.6 Å². The van der Waals surface area contributed by atoms with E-state index in [1.165, 1.54) is 23.1 Å². The molecule has 0 aliphatic carbocycles. The van der Waals surface area contributed by atoms with Gasteiger partial charge in [0.2, 0.25) is 0 Å². The Balaban J connectivity index is 1.60. The molecule has 0 radical (unpaired) electrons. The van der Waals surface area contributed by atoms with Crippen molar-refractivity contribution < 1.29 is 9.72 Å². The van der Waals surface area contributed by atoms with Gasteiger partial charge < -0.3 is 5.32 Å². The monoisotopic (exact) mass is 418 g/mol. The van der Waals surface area contributed by atoms with Crippen LogP contribution in [0.3, 0.4) is 0 Å². The molecule has 0 saturated carbocycles. The molecule has 11 heteroatoms. The van der Waals surface area contributed by atoms with Crippen molar-refractivity contribution in [3.63, 3.8) is 0 Å². The minimum Gasteiger partial charge on any atom is -0.342 e. The van der Waals surface area contributed by atoms with Crippen molar-refractivity contribution in [1.29, 1.82) is 0 Å². The van der Waals surface area contributed by atoms with E-state index in [0.29, 0.717) is 17.9 Å². The summed E-state index contributed by atoms with van der Waals surface area (Å²) in [6.45, 7) is 2.07. The molecule has 4 rings (SSSR count). The minimum atomic E-state index is -0.488. The van der Waals surface area contributed by atoms with Crippen LogP contribution < -0.4 is 5.32 Å². The van der Waals surface area contributed by atoms with E-state index in [9.17, 15) is 14.9 Å². The average Bonchev–Trinajstić information content (AvgIpc) is 3.43. The van der Waals surface area contributed by atoms with Crippen LogP contribution in [0.4, 0.5) is 5.69 Å². The van der Waals surface area contributed by atoms with Gasteiger partial charge in [0.1, 0.15) is 12.7 Å². The summed E-state index contributed by atoms with van der Waals surface area (Å²) in [6.07, 6.45) is 3.00. The highest BCUT2D eigenvalue weighted by molar-refractivity contribution is 5.93. The van der Waals surface area contributed by atoms with Gasteiger partial charge in [-0.2, -0.15) is 5.10 Å². The van der Waals surface area contributed by atoms with E-state index >= 15 is 0 Å². The van der Waals surface area contributed by atoms with Crippen LogP contribution in [0.1, 0.15) is 27.8 Å². The molecule has 0 aliphatic rings. The predicted molar refractivity (Wildman–Crippen MR) is 109 cm³/mol. The van der Waals surface area contributed by atoms with Crippen molar-refractivity contribution in [2.24, 2.45) is 0 Å². The van der Waals surface area contributed by atoms with Gasteiger partial charge in [0, 0.05) is 12.1 Å². The third-order valence-corrected chi connectivity index (χ3v) is 4.74. The Kier molecular flexibility index (Phi) is 5.47. The number of benzene rings is 2. The molecule has 4 aromatic rings. The number of hydrogen-bond acceptors (Lipinski definition) is 7. The molecule has 0 saturated heterocycles. The molecule has 0 fully saturated rings. The zero-order valence-electron chi connectivity index (χ0n) is 16.5. The second-order valence-corrected chi connectivity index (χ2v) is 6.77. The summed E-state index contributed by atoms with van der Waals surface area (Å²) in [6, 6.07) is 15.1. The number of nitrogens with zero attached hydrogens (tertiary/aromatic N) is 7. The Morgan fingerprint density at radius 2 is 2.00 bits per heavy atom. The summed E-state index contributed by atoms with van der Waals surface area (Å²) in [5.74, 6) is -0.414. The molecule has 0 bridgehead atoms. The van der Waals surface area contributed by atoms with Crippen molar-refractivity contribution in [3.8, 4) is 5.69 Å². The van der Waals surface area contributed by atoms with Crippen LogP contribution in [-0.2, 0) is 6.54 Å². The fourth-order valence-electron chi connectivity index (χ4n) is 3.18. The zero-order valence-corrected chi connectivity index (χ0v) is 16.5. The number of carbonyl (C=O) groups excluding carboxylic acids is 1. The van der Waals surface area contributed by atoms with E-state index in [2.05, 4.69) is 25.7 Å². The molecular formula is C20H18N8O3. The van der Waals surface area contributed by atoms with E-state index < -0.39 is 10.8 Å².